The lowest BCUT2D eigenvalue weighted by Gasteiger charge is -2.24. The highest BCUT2D eigenvalue weighted by atomic mass is 16.5. The van der Waals surface area contributed by atoms with Crippen molar-refractivity contribution in [3.8, 4) is 11.5 Å². The number of nitrogens with zero attached hydrogens (tertiary/aromatic N) is 2. The number of carbonyl (C=O) groups excluding carboxylic acids is 2. The Labute approximate surface area is 170 Å². The summed E-state index contributed by atoms with van der Waals surface area (Å²) in [4.78, 5) is 25.0. The molecule has 0 saturated carbocycles. The number of fused-ring (bicyclic) bond motifs is 1. The van der Waals surface area contributed by atoms with Crippen molar-refractivity contribution in [2.75, 3.05) is 20.8 Å². The van der Waals surface area contributed by atoms with Crippen LogP contribution in [0.25, 0.3) is 0 Å². The Morgan fingerprint density at radius 3 is 2.48 bits per heavy atom. The van der Waals surface area contributed by atoms with Gasteiger partial charge >= 0.3 is 0 Å². The van der Waals surface area contributed by atoms with Gasteiger partial charge in [-0.2, -0.15) is 5.10 Å². The molecule has 1 aromatic heterocycles. The van der Waals surface area contributed by atoms with Crippen LogP contribution in [0.5, 0.6) is 11.5 Å². The second-order valence-corrected chi connectivity index (χ2v) is 7.53. The smallest absolute Gasteiger partial charge is 0.254 e. The van der Waals surface area contributed by atoms with E-state index >= 15 is 0 Å². The number of nitrogens with one attached hydrogen (secondary N) is 2. The average molecular weight is 400 g/mol. The zero-order valence-corrected chi connectivity index (χ0v) is 17.3. The molecule has 1 atom stereocenters. The first-order chi connectivity index (χ1) is 13.9. The first-order valence-electron chi connectivity index (χ1n) is 9.78. The van der Waals surface area contributed by atoms with Crippen LogP contribution >= 0.6 is 0 Å². The van der Waals surface area contributed by atoms with Gasteiger partial charge in [0.05, 0.1) is 31.7 Å². The molecule has 0 radical (unpaired) electrons. The number of hydrogen-bond acceptors (Lipinski definition) is 5. The second kappa shape index (κ2) is 8.98. The van der Waals surface area contributed by atoms with Crippen LogP contribution in [0.15, 0.2) is 24.4 Å². The number of methoxy groups -OCH3 is 2. The number of amides is 2. The summed E-state index contributed by atoms with van der Waals surface area (Å²) in [7, 11) is 3.10. The minimum absolute atomic E-state index is 0.0663. The summed E-state index contributed by atoms with van der Waals surface area (Å²) in [5, 5.41) is 10.3. The Morgan fingerprint density at radius 2 is 1.86 bits per heavy atom. The van der Waals surface area contributed by atoms with Gasteiger partial charge in [-0.25, -0.2) is 0 Å². The van der Waals surface area contributed by atoms with Crippen molar-refractivity contribution in [2.45, 2.75) is 39.3 Å². The molecule has 0 bridgehead atoms. The monoisotopic (exact) mass is 400 g/mol. The third-order valence-corrected chi connectivity index (χ3v) is 5.01. The lowest BCUT2D eigenvalue weighted by atomic mass is 9.94. The van der Waals surface area contributed by atoms with E-state index < -0.39 is 0 Å². The molecule has 8 heteroatoms. The van der Waals surface area contributed by atoms with Gasteiger partial charge in [0.2, 0.25) is 0 Å². The second-order valence-electron chi connectivity index (χ2n) is 7.53. The van der Waals surface area contributed by atoms with E-state index in [0.717, 1.165) is 18.7 Å². The molecular formula is C21H28N4O4. The topological polar surface area (TPSA) is 94.5 Å². The first-order valence-corrected chi connectivity index (χ1v) is 9.78. The summed E-state index contributed by atoms with van der Waals surface area (Å²) >= 11 is 0. The maximum atomic E-state index is 12.6. The van der Waals surface area contributed by atoms with E-state index in [9.17, 15) is 9.59 Å². The van der Waals surface area contributed by atoms with Gasteiger partial charge in [-0.05, 0) is 44.7 Å². The summed E-state index contributed by atoms with van der Waals surface area (Å²) < 4.78 is 12.3. The lowest BCUT2D eigenvalue weighted by Crippen LogP contribution is -2.35. The zero-order chi connectivity index (χ0) is 21.0. The fourth-order valence-electron chi connectivity index (χ4n) is 3.48. The van der Waals surface area contributed by atoms with Gasteiger partial charge in [0, 0.05) is 30.8 Å². The summed E-state index contributed by atoms with van der Waals surface area (Å²) in [5.74, 6) is 1.09. The van der Waals surface area contributed by atoms with E-state index in [1.54, 1.807) is 38.6 Å². The fourth-order valence-corrected chi connectivity index (χ4v) is 3.48. The standard InChI is InChI=1S/C21H28N4O4/c1-13(2)24-21(27)18-12-23-25-6-5-14(7-19(18)25)11-22-20(26)15-8-16(28-3)10-17(9-15)29-4/h8-10,12-14H,5-7,11H2,1-4H3,(H,22,26)(H,24,27)/t14-/m0/s1. The normalized spacial score (nSPS) is 15.6. The number of ether oxygens (including phenoxy) is 2. The molecule has 0 fully saturated rings. The Balaban J connectivity index is 1.64. The van der Waals surface area contributed by atoms with Gasteiger partial charge in [0.1, 0.15) is 11.5 Å². The Morgan fingerprint density at radius 1 is 1.17 bits per heavy atom. The fraction of sp³-hybridized carbons (Fsp3) is 0.476. The van der Waals surface area contributed by atoms with Crippen LogP contribution in [0.2, 0.25) is 0 Å². The summed E-state index contributed by atoms with van der Waals surface area (Å²) in [5.41, 5.74) is 2.03. The molecule has 8 nitrogen and oxygen atoms in total. The third kappa shape index (κ3) is 4.88. The van der Waals surface area contributed by atoms with Crippen LogP contribution < -0.4 is 20.1 Å². The molecule has 2 amide bonds. The highest BCUT2D eigenvalue weighted by Gasteiger charge is 2.26. The zero-order valence-electron chi connectivity index (χ0n) is 17.3. The lowest BCUT2D eigenvalue weighted by molar-refractivity contribution is 0.0929. The van der Waals surface area contributed by atoms with Gasteiger partial charge in [0.15, 0.2) is 0 Å². The van der Waals surface area contributed by atoms with E-state index in [-0.39, 0.29) is 23.8 Å². The molecule has 2 aromatic rings. The first kappa shape index (κ1) is 20.7. The van der Waals surface area contributed by atoms with E-state index in [4.69, 9.17) is 9.47 Å². The molecular weight excluding hydrogens is 372 g/mol. The molecule has 0 aliphatic carbocycles. The van der Waals surface area contributed by atoms with Crippen molar-refractivity contribution < 1.29 is 19.1 Å². The maximum absolute atomic E-state index is 12.6. The predicted octanol–water partition coefficient (Wildman–Crippen LogP) is 2.03. The molecule has 0 unspecified atom stereocenters. The molecule has 29 heavy (non-hydrogen) atoms. The van der Waals surface area contributed by atoms with Crippen molar-refractivity contribution in [1.29, 1.82) is 0 Å². The Kier molecular flexibility index (Phi) is 6.41. The quantitative estimate of drug-likeness (QED) is 0.742. The van der Waals surface area contributed by atoms with Crippen molar-refractivity contribution in [2.24, 2.45) is 5.92 Å². The highest BCUT2D eigenvalue weighted by molar-refractivity contribution is 5.95. The molecule has 2 heterocycles. The molecule has 0 spiro atoms. The molecule has 3 rings (SSSR count). The highest BCUT2D eigenvalue weighted by Crippen LogP contribution is 2.24. The minimum atomic E-state index is -0.181. The average Bonchev–Trinajstić information content (AvgIpc) is 3.14. The number of benzene rings is 1. The summed E-state index contributed by atoms with van der Waals surface area (Å²) in [6.45, 7) is 5.12. The van der Waals surface area contributed by atoms with Gasteiger partial charge in [-0.1, -0.05) is 0 Å². The number of aryl methyl sites for hydroxylation is 1. The van der Waals surface area contributed by atoms with Crippen LogP contribution in [0.3, 0.4) is 0 Å². The Bertz CT molecular complexity index is 869. The van der Waals surface area contributed by atoms with Crippen LogP contribution in [0.4, 0.5) is 0 Å². The SMILES string of the molecule is COc1cc(OC)cc(C(=O)NC[C@H]2CCn3ncc(C(=O)NC(C)C)c3C2)c1. The van der Waals surface area contributed by atoms with Crippen LogP contribution in [-0.4, -0.2) is 48.4 Å². The third-order valence-electron chi connectivity index (χ3n) is 5.01. The number of hydrogen-bond donors (Lipinski definition) is 2. The van der Waals surface area contributed by atoms with Crippen molar-refractivity contribution in [1.82, 2.24) is 20.4 Å². The number of aromatic nitrogens is 2. The largest absolute Gasteiger partial charge is 0.497 e. The molecule has 1 aromatic carbocycles. The van der Waals surface area contributed by atoms with Crippen molar-refractivity contribution >= 4 is 11.8 Å². The molecule has 1 aliphatic rings. The molecule has 156 valence electrons. The van der Waals surface area contributed by atoms with Crippen LogP contribution in [0, 0.1) is 5.92 Å². The molecule has 0 saturated heterocycles. The van der Waals surface area contributed by atoms with Crippen LogP contribution in [0.1, 0.15) is 46.7 Å². The molecule has 2 N–H and O–H groups in total. The van der Waals surface area contributed by atoms with E-state index in [0.29, 0.717) is 35.6 Å². The van der Waals surface area contributed by atoms with Gasteiger partial charge in [-0.3, -0.25) is 14.3 Å². The maximum Gasteiger partial charge on any atom is 0.254 e. The van der Waals surface area contributed by atoms with E-state index in [1.165, 1.54) is 0 Å². The van der Waals surface area contributed by atoms with Gasteiger partial charge in [-0.15, -0.1) is 0 Å². The van der Waals surface area contributed by atoms with E-state index in [1.807, 2.05) is 18.5 Å². The van der Waals surface area contributed by atoms with Crippen LogP contribution in [-0.2, 0) is 13.0 Å². The van der Waals surface area contributed by atoms with Crippen molar-refractivity contribution in [3.63, 3.8) is 0 Å². The predicted molar refractivity (Wildman–Crippen MR) is 109 cm³/mol. The Hall–Kier alpha value is -3.03. The van der Waals surface area contributed by atoms with Gasteiger partial charge in [0.25, 0.3) is 11.8 Å². The van der Waals surface area contributed by atoms with E-state index in [2.05, 4.69) is 15.7 Å². The molecule has 1 aliphatic heterocycles. The summed E-state index contributed by atoms with van der Waals surface area (Å²) in [6.07, 6.45) is 3.22. The number of rotatable bonds is 7. The van der Waals surface area contributed by atoms with Gasteiger partial charge < -0.3 is 20.1 Å². The number of carbonyl (C=O) groups is 2. The minimum Gasteiger partial charge on any atom is -0.497 e. The summed E-state index contributed by atoms with van der Waals surface area (Å²) in [6, 6.07) is 5.16. The van der Waals surface area contributed by atoms with Crippen molar-refractivity contribution in [3.05, 3.63) is 41.2 Å².